The molecule has 2 N–H and O–H groups in total. The summed E-state index contributed by atoms with van der Waals surface area (Å²) in [4.78, 5) is 59.5. The van der Waals surface area contributed by atoms with E-state index in [2.05, 4.69) is 18.5 Å². The minimum Gasteiger partial charge on any atom is -0.463 e. The van der Waals surface area contributed by atoms with Crippen LogP contribution in [-0.2, 0) is 28.7 Å². The number of esters is 1. The Labute approximate surface area is 289 Å². The molecule has 2 aromatic rings. The van der Waals surface area contributed by atoms with E-state index in [1.807, 2.05) is 76.2 Å². The van der Waals surface area contributed by atoms with Crippen LogP contribution < -0.4 is 10.2 Å². The van der Waals surface area contributed by atoms with E-state index in [-0.39, 0.29) is 43.9 Å². The number of carbonyl (C=O) groups excluding carboxylic acids is 4. The maximum atomic E-state index is 15.0. The predicted molar refractivity (Wildman–Crippen MR) is 186 cm³/mol. The van der Waals surface area contributed by atoms with Crippen LogP contribution in [0.1, 0.15) is 62.3 Å². The Morgan fingerprint density at radius 1 is 1.14 bits per heavy atom. The fourth-order valence-corrected chi connectivity index (χ4v) is 7.88. The second-order valence-electron chi connectivity index (χ2n) is 13.8. The van der Waals surface area contributed by atoms with Crippen molar-refractivity contribution in [1.82, 2.24) is 10.2 Å². The van der Waals surface area contributed by atoms with Gasteiger partial charge in [0.1, 0.15) is 18.2 Å². The number of nitrogens with zero attached hydrogens (tertiary/aromatic N) is 2. The van der Waals surface area contributed by atoms with E-state index < -0.39 is 53.5 Å². The summed E-state index contributed by atoms with van der Waals surface area (Å²) in [5.41, 5.74) is 2.05. The topological polar surface area (TPSA) is 125 Å². The van der Waals surface area contributed by atoms with Crippen molar-refractivity contribution in [1.29, 1.82) is 0 Å². The van der Waals surface area contributed by atoms with Gasteiger partial charge in [-0.25, -0.2) is 0 Å². The van der Waals surface area contributed by atoms with Gasteiger partial charge in [0.05, 0.1) is 36.6 Å². The first kappa shape index (κ1) is 36.0. The second kappa shape index (κ2) is 15.1. The number of carbonyl (C=O) groups is 4. The number of aliphatic hydroxyl groups excluding tert-OH is 1. The average molecular weight is 672 g/mol. The lowest BCUT2D eigenvalue weighted by Crippen LogP contribution is -2.60. The SMILES string of the molecule is C=CCCC(=O)OC[C@H](NC(=O)[C@@H]1[C@@H]2CC[C@]3(O2)[C@H](C(=O)N(CC=C)c2cc(C)ccc2C)N([C@@H](CO)C(C)C)C(=O)[C@@H]13)c1ccccc1. The van der Waals surface area contributed by atoms with Crippen molar-refractivity contribution in [2.24, 2.45) is 17.8 Å². The molecule has 3 fully saturated rings. The van der Waals surface area contributed by atoms with Gasteiger partial charge in [-0.3, -0.25) is 19.2 Å². The van der Waals surface area contributed by atoms with Gasteiger partial charge in [0.2, 0.25) is 11.8 Å². The summed E-state index contributed by atoms with van der Waals surface area (Å²) in [6.07, 6.45) is 4.26. The molecule has 0 saturated carbocycles. The van der Waals surface area contributed by atoms with Crippen LogP contribution >= 0.6 is 0 Å². The third-order valence-corrected chi connectivity index (χ3v) is 10.3. The van der Waals surface area contributed by atoms with E-state index in [1.165, 1.54) is 4.90 Å². The van der Waals surface area contributed by atoms with Gasteiger partial charge in [-0.2, -0.15) is 0 Å². The number of aryl methyl sites for hydroxylation is 2. The molecule has 10 heteroatoms. The highest BCUT2D eigenvalue weighted by Gasteiger charge is 2.75. The number of fused-ring (bicyclic) bond motifs is 1. The van der Waals surface area contributed by atoms with Crippen LogP contribution in [-0.4, -0.2) is 77.2 Å². The van der Waals surface area contributed by atoms with Crippen LogP contribution in [0.15, 0.2) is 73.8 Å². The van der Waals surface area contributed by atoms with Crippen LogP contribution in [0.5, 0.6) is 0 Å². The molecule has 3 amide bonds. The number of nitrogens with one attached hydrogen (secondary N) is 1. The second-order valence-corrected chi connectivity index (χ2v) is 13.8. The Morgan fingerprint density at radius 3 is 2.53 bits per heavy atom. The third kappa shape index (κ3) is 6.81. The Balaban J connectivity index is 1.51. The molecule has 0 unspecified atom stereocenters. The van der Waals surface area contributed by atoms with E-state index in [1.54, 1.807) is 17.1 Å². The molecule has 2 bridgehead atoms. The number of allylic oxidation sites excluding steroid dienone is 1. The van der Waals surface area contributed by atoms with Gasteiger partial charge in [0.25, 0.3) is 5.91 Å². The maximum Gasteiger partial charge on any atom is 0.306 e. The molecular weight excluding hydrogens is 622 g/mol. The molecule has 0 aliphatic carbocycles. The third-order valence-electron chi connectivity index (χ3n) is 10.3. The highest BCUT2D eigenvalue weighted by molar-refractivity contribution is 6.05. The van der Waals surface area contributed by atoms with Crippen molar-refractivity contribution in [3.63, 3.8) is 0 Å². The van der Waals surface area contributed by atoms with Crippen molar-refractivity contribution in [2.45, 2.75) is 83.2 Å². The quantitative estimate of drug-likeness (QED) is 0.210. The molecule has 0 aromatic heterocycles. The van der Waals surface area contributed by atoms with Crippen LogP contribution in [0.4, 0.5) is 5.69 Å². The monoisotopic (exact) mass is 671 g/mol. The molecule has 7 atom stereocenters. The van der Waals surface area contributed by atoms with E-state index in [4.69, 9.17) is 9.47 Å². The average Bonchev–Trinajstić information content (AvgIpc) is 3.73. The van der Waals surface area contributed by atoms with Crippen LogP contribution in [0.3, 0.4) is 0 Å². The number of hydrogen-bond donors (Lipinski definition) is 2. The molecule has 2 aromatic carbocycles. The summed E-state index contributed by atoms with van der Waals surface area (Å²) in [6, 6.07) is 12.7. The van der Waals surface area contributed by atoms with Gasteiger partial charge in [-0.15, -0.1) is 13.2 Å². The number of amides is 3. The Bertz CT molecular complexity index is 1580. The van der Waals surface area contributed by atoms with E-state index in [9.17, 15) is 24.3 Å². The minimum atomic E-state index is -1.26. The van der Waals surface area contributed by atoms with Gasteiger partial charge >= 0.3 is 5.97 Å². The van der Waals surface area contributed by atoms with Gasteiger partial charge in [-0.05, 0) is 61.8 Å². The number of rotatable bonds is 15. The highest BCUT2D eigenvalue weighted by Crippen LogP contribution is 2.59. The minimum absolute atomic E-state index is 0.0900. The van der Waals surface area contributed by atoms with Crippen LogP contribution in [0.2, 0.25) is 0 Å². The van der Waals surface area contributed by atoms with E-state index in [0.717, 1.165) is 16.7 Å². The van der Waals surface area contributed by atoms with Crippen molar-refractivity contribution >= 4 is 29.4 Å². The number of aliphatic hydroxyl groups is 1. The molecule has 3 saturated heterocycles. The van der Waals surface area contributed by atoms with Gasteiger partial charge in [0.15, 0.2) is 0 Å². The molecule has 3 heterocycles. The smallest absolute Gasteiger partial charge is 0.306 e. The van der Waals surface area contributed by atoms with Crippen LogP contribution in [0, 0.1) is 31.6 Å². The zero-order valence-electron chi connectivity index (χ0n) is 29.0. The fraction of sp³-hybridized carbons (Fsp3) is 0.487. The Morgan fingerprint density at radius 2 is 1.88 bits per heavy atom. The maximum absolute atomic E-state index is 15.0. The molecule has 5 rings (SSSR count). The first-order valence-corrected chi connectivity index (χ1v) is 17.2. The summed E-state index contributed by atoms with van der Waals surface area (Å²) in [5.74, 6) is -3.53. The Kier molecular flexibility index (Phi) is 11.1. The van der Waals surface area contributed by atoms with Crippen molar-refractivity contribution in [3.05, 3.63) is 90.5 Å². The first-order chi connectivity index (χ1) is 23.5. The molecule has 262 valence electrons. The molecule has 10 nitrogen and oxygen atoms in total. The molecule has 0 radical (unpaired) electrons. The number of likely N-dealkylation sites (tertiary alicyclic amines) is 1. The van der Waals surface area contributed by atoms with Crippen molar-refractivity contribution in [2.75, 3.05) is 24.7 Å². The zero-order valence-corrected chi connectivity index (χ0v) is 29.0. The largest absolute Gasteiger partial charge is 0.463 e. The summed E-state index contributed by atoms with van der Waals surface area (Å²) in [7, 11) is 0. The molecule has 1 spiro atoms. The summed E-state index contributed by atoms with van der Waals surface area (Å²) >= 11 is 0. The number of anilines is 1. The Hall–Kier alpha value is -4.28. The number of benzene rings is 2. The lowest BCUT2D eigenvalue weighted by molar-refractivity contribution is -0.147. The van der Waals surface area contributed by atoms with Crippen LogP contribution in [0.25, 0.3) is 0 Å². The normalized spacial score (nSPS) is 25.1. The first-order valence-electron chi connectivity index (χ1n) is 17.2. The number of ether oxygens (including phenoxy) is 2. The fourth-order valence-electron chi connectivity index (χ4n) is 7.88. The summed E-state index contributed by atoms with van der Waals surface area (Å²) < 4.78 is 12.2. The summed E-state index contributed by atoms with van der Waals surface area (Å²) in [6.45, 7) is 15.0. The van der Waals surface area contributed by atoms with Gasteiger partial charge < -0.3 is 29.7 Å². The van der Waals surface area contributed by atoms with Gasteiger partial charge in [-0.1, -0.05) is 68.5 Å². The zero-order chi connectivity index (χ0) is 35.5. The number of hydrogen-bond acceptors (Lipinski definition) is 7. The predicted octanol–water partition coefficient (Wildman–Crippen LogP) is 4.58. The van der Waals surface area contributed by atoms with Gasteiger partial charge in [0, 0.05) is 18.7 Å². The standard InChI is InChI=1S/C39H49N3O7/c1-7-9-15-32(44)48-23-28(27-13-11-10-12-14-27)40-36(45)33-31-18-19-39(49-31)34(33)37(46)42(30(22-43)24(3)4)35(39)38(47)41(20-8-2)29-21-25(5)16-17-26(29)6/h7-8,10-14,16-17,21,24,28,30-31,33-35,43H,1-2,9,15,18-20,22-23H2,3-6H3,(H,40,45)/t28-,30-,31-,33+,34+,35-,39+/m0/s1. The molecule has 3 aliphatic heterocycles. The lowest BCUT2D eigenvalue weighted by atomic mass is 9.70. The highest BCUT2D eigenvalue weighted by atomic mass is 16.5. The van der Waals surface area contributed by atoms with E-state index in [0.29, 0.717) is 24.9 Å². The lowest BCUT2D eigenvalue weighted by Gasteiger charge is -2.40. The van der Waals surface area contributed by atoms with Crippen molar-refractivity contribution in [3.8, 4) is 0 Å². The molecule has 49 heavy (non-hydrogen) atoms. The molecular formula is C39H49N3O7. The van der Waals surface area contributed by atoms with E-state index >= 15 is 0 Å². The molecule has 3 aliphatic rings. The van der Waals surface area contributed by atoms with Crippen molar-refractivity contribution < 1.29 is 33.8 Å². The summed E-state index contributed by atoms with van der Waals surface area (Å²) in [5, 5.41) is 13.7.